The number of aromatic nitrogens is 1. The number of pyridine rings is 1. The quantitative estimate of drug-likeness (QED) is 0.280. The van der Waals surface area contributed by atoms with Crippen molar-refractivity contribution in [1.29, 1.82) is 0 Å². The summed E-state index contributed by atoms with van der Waals surface area (Å²) in [7, 11) is 2.18. The maximum Gasteiger partial charge on any atom is 0.259 e. The maximum absolute atomic E-state index is 13.9. The average molecular weight is 515 g/mol. The second kappa shape index (κ2) is 10.8. The number of rotatable bonds is 6. The van der Waals surface area contributed by atoms with Crippen LogP contribution in [0.25, 0.3) is 22.0 Å². The first-order valence-corrected chi connectivity index (χ1v) is 13.6. The minimum Gasteiger partial charge on any atom is -0.369 e. The molecule has 0 aliphatic carbocycles. The normalized spacial score (nSPS) is 14.1. The molecule has 0 radical (unpaired) electrons. The summed E-state index contributed by atoms with van der Waals surface area (Å²) >= 11 is 0. The average Bonchev–Trinajstić information content (AvgIpc) is 2.97. The van der Waals surface area contributed by atoms with Gasteiger partial charge in [-0.2, -0.15) is 0 Å². The first-order valence-electron chi connectivity index (χ1n) is 13.6. The molecule has 1 aliphatic rings. The van der Waals surface area contributed by atoms with E-state index in [1.165, 1.54) is 11.3 Å². The molecule has 1 aliphatic heterocycles. The monoisotopic (exact) mass is 514 g/mol. The highest BCUT2D eigenvalue weighted by Gasteiger charge is 2.15. The fourth-order valence-electron chi connectivity index (χ4n) is 5.38. The molecule has 2 heterocycles. The minimum absolute atomic E-state index is 0.0191. The number of anilines is 3. The molecule has 5 heteroatoms. The van der Waals surface area contributed by atoms with Crippen LogP contribution in [0.4, 0.5) is 17.1 Å². The molecule has 0 spiro atoms. The molecule has 0 saturated carbocycles. The molecule has 0 unspecified atom stereocenters. The molecule has 5 aromatic rings. The zero-order valence-corrected chi connectivity index (χ0v) is 22.6. The van der Waals surface area contributed by atoms with Gasteiger partial charge in [0.1, 0.15) is 0 Å². The highest BCUT2D eigenvalue weighted by molar-refractivity contribution is 5.87. The topological polar surface area (TPSA) is 40.5 Å². The van der Waals surface area contributed by atoms with Crippen LogP contribution in [0.15, 0.2) is 108 Å². The Kier molecular flexibility index (Phi) is 6.91. The van der Waals surface area contributed by atoms with Crippen LogP contribution >= 0.6 is 0 Å². The van der Waals surface area contributed by atoms with E-state index in [1.54, 1.807) is 0 Å². The highest BCUT2D eigenvalue weighted by Crippen LogP contribution is 2.27. The molecular formula is C34H34N4O. The SMILES string of the molecule is Cc1ccccc1Cn1c(=O)c(-c2ccccc2)cc2ccc(Nc3ccc(N4CCN(C)CC4)cc3)cc21. The van der Waals surface area contributed by atoms with Crippen LogP contribution in [0.3, 0.4) is 0 Å². The number of hydrogen-bond acceptors (Lipinski definition) is 4. The van der Waals surface area contributed by atoms with Crippen LogP contribution < -0.4 is 15.8 Å². The summed E-state index contributed by atoms with van der Waals surface area (Å²) in [4.78, 5) is 18.7. The van der Waals surface area contributed by atoms with E-state index in [0.29, 0.717) is 6.54 Å². The zero-order chi connectivity index (χ0) is 26.8. The van der Waals surface area contributed by atoms with Gasteiger partial charge in [0.05, 0.1) is 12.1 Å². The van der Waals surface area contributed by atoms with E-state index in [2.05, 4.69) is 83.7 Å². The summed E-state index contributed by atoms with van der Waals surface area (Å²) in [5, 5.41) is 4.60. The van der Waals surface area contributed by atoms with Crippen molar-refractivity contribution in [2.45, 2.75) is 13.5 Å². The maximum atomic E-state index is 13.9. The molecule has 39 heavy (non-hydrogen) atoms. The van der Waals surface area contributed by atoms with E-state index in [9.17, 15) is 4.79 Å². The van der Waals surface area contributed by atoms with Crippen molar-refractivity contribution < 1.29 is 0 Å². The summed E-state index contributed by atoms with van der Waals surface area (Å²) in [5.41, 5.74) is 8.16. The Morgan fingerprint density at radius 1 is 0.744 bits per heavy atom. The van der Waals surface area contributed by atoms with Gasteiger partial charge in [0.25, 0.3) is 5.56 Å². The van der Waals surface area contributed by atoms with E-state index in [0.717, 1.165) is 65.1 Å². The van der Waals surface area contributed by atoms with Crippen molar-refractivity contribution in [2.75, 3.05) is 43.4 Å². The van der Waals surface area contributed by atoms with E-state index < -0.39 is 0 Å². The fraction of sp³-hybridized carbons (Fsp3) is 0.206. The molecule has 1 saturated heterocycles. The highest BCUT2D eigenvalue weighted by atomic mass is 16.1. The number of likely N-dealkylation sites (N-methyl/N-ethyl adjacent to an activating group) is 1. The van der Waals surface area contributed by atoms with E-state index >= 15 is 0 Å². The lowest BCUT2D eigenvalue weighted by Gasteiger charge is -2.34. The van der Waals surface area contributed by atoms with Gasteiger partial charge < -0.3 is 19.7 Å². The molecule has 0 bridgehead atoms. The second-order valence-electron chi connectivity index (χ2n) is 10.5. The number of nitrogens with zero attached hydrogens (tertiary/aromatic N) is 3. The number of piperazine rings is 1. The molecule has 0 atom stereocenters. The molecule has 5 nitrogen and oxygen atoms in total. The van der Waals surface area contributed by atoms with Crippen molar-refractivity contribution in [1.82, 2.24) is 9.47 Å². The lowest BCUT2D eigenvalue weighted by atomic mass is 10.0. The Morgan fingerprint density at radius 2 is 1.44 bits per heavy atom. The van der Waals surface area contributed by atoms with Crippen LogP contribution in [-0.2, 0) is 6.54 Å². The van der Waals surface area contributed by atoms with Crippen LogP contribution in [0, 0.1) is 6.92 Å². The van der Waals surface area contributed by atoms with Gasteiger partial charge in [0.2, 0.25) is 0 Å². The lowest BCUT2D eigenvalue weighted by Crippen LogP contribution is -2.44. The van der Waals surface area contributed by atoms with Gasteiger partial charge in [0, 0.05) is 48.8 Å². The third kappa shape index (κ3) is 5.31. The number of aryl methyl sites for hydroxylation is 1. The minimum atomic E-state index is 0.0191. The Morgan fingerprint density at radius 3 is 2.18 bits per heavy atom. The van der Waals surface area contributed by atoms with Gasteiger partial charge in [-0.3, -0.25) is 4.79 Å². The Balaban J connectivity index is 1.36. The molecule has 1 aromatic heterocycles. The van der Waals surface area contributed by atoms with Gasteiger partial charge in [-0.05, 0) is 78.5 Å². The summed E-state index contributed by atoms with van der Waals surface area (Å²) in [5.74, 6) is 0. The molecule has 196 valence electrons. The molecule has 1 N–H and O–H groups in total. The Labute approximate surface area is 229 Å². The van der Waals surface area contributed by atoms with Crippen molar-refractivity contribution in [3.8, 4) is 11.1 Å². The predicted molar refractivity (Wildman–Crippen MR) is 163 cm³/mol. The summed E-state index contributed by atoms with van der Waals surface area (Å²) in [6, 6.07) is 35.2. The van der Waals surface area contributed by atoms with Crippen LogP contribution in [0.1, 0.15) is 11.1 Å². The van der Waals surface area contributed by atoms with E-state index in [1.807, 2.05) is 53.1 Å². The molecule has 6 rings (SSSR count). The zero-order valence-electron chi connectivity index (χ0n) is 22.6. The van der Waals surface area contributed by atoms with Crippen molar-refractivity contribution in [3.05, 3.63) is 125 Å². The number of fused-ring (bicyclic) bond motifs is 1. The van der Waals surface area contributed by atoms with Gasteiger partial charge >= 0.3 is 0 Å². The Hall–Kier alpha value is -4.35. The third-order valence-corrected chi connectivity index (χ3v) is 7.80. The van der Waals surface area contributed by atoms with Crippen molar-refractivity contribution in [3.63, 3.8) is 0 Å². The van der Waals surface area contributed by atoms with Crippen molar-refractivity contribution in [2.24, 2.45) is 0 Å². The Bertz CT molecular complexity index is 1650. The second-order valence-corrected chi connectivity index (χ2v) is 10.5. The molecular weight excluding hydrogens is 480 g/mol. The van der Waals surface area contributed by atoms with Crippen LogP contribution in [-0.4, -0.2) is 42.7 Å². The third-order valence-electron chi connectivity index (χ3n) is 7.80. The van der Waals surface area contributed by atoms with E-state index in [4.69, 9.17) is 0 Å². The summed E-state index contributed by atoms with van der Waals surface area (Å²) < 4.78 is 1.92. The lowest BCUT2D eigenvalue weighted by molar-refractivity contribution is 0.313. The molecule has 1 fully saturated rings. The standard InChI is InChI=1S/C34H34N4O/c1-25-8-6-7-11-28(25)24-38-33-23-30(13-12-27(33)22-32(34(38)39)26-9-4-3-5-10-26)35-29-14-16-31(17-15-29)37-20-18-36(2)19-21-37/h3-17,22-23,35H,18-21,24H2,1-2H3. The van der Waals surface area contributed by atoms with E-state index in [-0.39, 0.29) is 5.56 Å². The summed E-state index contributed by atoms with van der Waals surface area (Å²) in [6.07, 6.45) is 0. The number of benzene rings is 4. The number of nitrogens with one attached hydrogen (secondary N) is 1. The van der Waals surface area contributed by atoms with Gasteiger partial charge in [0.15, 0.2) is 0 Å². The van der Waals surface area contributed by atoms with Crippen molar-refractivity contribution >= 4 is 28.0 Å². The number of hydrogen-bond donors (Lipinski definition) is 1. The first kappa shape index (κ1) is 25.0. The predicted octanol–water partition coefficient (Wildman–Crippen LogP) is 6.52. The first-order chi connectivity index (χ1) is 19.0. The van der Waals surface area contributed by atoms with Crippen LogP contribution in [0.5, 0.6) is 0 Å². The van der Waals surface area contributed by atoms with Gasteiger partial charge in [-0.1, -0.05) is 60.7 Å². The largest absolute Gasteiger partial charge is 0.369 e. The molecule has 0 amide bonds. The van der Waals surface area contributed by atoms with Crippen LogP contribution in [0.2, 0.25) is 0 Å². The summed E-state index contributed by atoms with van der Waals surface area (Å²) in [6.45, 7) is 6.91. The van der Waals surface area contributed by atoms with Gasteiger partial charge in [-0.15, -0.1) is 0 Å². The van der Waals surface area contributed by atoms with Gasteiger partial charge in [-0.25, -0.2) is 0 Å². The smallest absolute Gasteiger partial charge is 0.259 e. The molecule has 4 aromatic carbocycles. The fourth-order valence-corrected chi connectivity index (χ4v) is 5.38.